The van der Waals surface area contributed by atoms with Gasteiger partial charge in [0.1, 0.15) is 0 Å². The van der Waals surface area contributed by atoms with E-state index in [1.807, 2.05) is 19.9 Å². The summed E-state index contributed by atoms with van der Waals surface area (Å²) in [5, 5.41) is 3.25. The van der Waals surface area contributed by atoms with Crippen molar-refractivity contribution in [2.45, 2.75) is 33.6 Å². The van der Waals surface area contributed by atoms with Crippen LogP contribution in [0.1, 0.15) is 39.6 Å². The molecule has 2 aromatic heterocycles. The van der Waals surface area contributed by atoms with E-state index in [9.17, 15) is 9.59 Å². The SMILES string of the molecule is COC(=O)c1nc(NC(=O)[C@@H]2CCCN(c3nc(C)cc(C)n3)C2)sc1C. The molecule has 27 heavy (non-hydrogen) atoms. The molecule has 9 heteroatoms. The molecule has 1 aliphatic rings. The molecule has 0 spiro atoms. The van der Waals surface area contributed by atoms with Gasteiger partial charge in [0.15, 0.2) is 10.8 Å². The van der Waals surface area contributed by atoms with Gasteiger partial charge in [0.2, 0.25) is 11.9 Å². The Bertz CT molecular complexity index is 846. The summed E-state index contributed by atoms with van der Waals surface area (Å²) in [5.74, 6) is -0.119. The molecule has 144 valence electrons. The number of methoxy groups -OCH3 is 1. The van der Waals surface area contributed by atoms with Crippen LogP contribution in [0.3, 0.4) is 0 Å². The Morgan fingerprint density at radius 3 is 2.59 bits per heavy atom. The van der Waals surface area contributed by atoms with Crippen LogP contribution in [0.5, 0.6) is 0 Å². The van der Waals surface area contributed by atoms with Gasteiger partial charge >= 0.3 is 5.97 Å². The summed E-state index contributed by atoms with van der Waals surface area (Å²) < 4.78 is 4.71. The zero-order valence-electron chi connectivity index (χ0n) is 15.9. The average Bonchev–Trinajstić information content (AvgIpc) is 3.00. The van der Waals surface area contributed by atoms with Crippen LogP contribution in [0.4, 0.5) is 11.1 Å². The lowest BCUT2D eigenvalue weighted by molar-refractivity contribution is -0.120. The number of carbonyl (C=O) groups excluding carboxylic acids is 2. The van der Waals surface area contributed by atoms with E-state index in [-0.39, 0.29) is 17.5 Å². The lowest BCUT2D eigenvalue weighted by atomic mass is 9.97. The fraction of sp³-hybridized carbons (Fsp3) is 0.500. The van der Waals surface area contributed by atoms with Gasteiger partial charge in [0.05, 0.1) is 13.0 Å². The van der Waals surface area contributed by atoms with Crippen LogP contribution in [0.2, 0.25) is 0 Å². The fourth-order valence-electron chi connectivity index (χ4n) is 3.16. The Morgan fingerprint density at radius 2 is 1.93 bits per heavy atom. The van der Waals surface area contributed by atoms with Gasteiger partial charge in [-0.05, 0) is 39.7 Å². The molecule has 3 rings (SSSR count). The van der Waals surface area contributed by atoms with Gasteiger partial charge in [0, 0.05) is 29.4 Å². The fourth-order valence-corrected chi connectivity index (χ4v) is 3.97. The minimum atomic E-state index is -0.500. The average molecular weight is 389 g/mol. The first-order valence-electron chi connectivity index (χ1n) is 8.81. The van der Waals surface area contributed by atoms with E-state index >= 15 is 0 Å². The van der Waals surface area contributed by atoms with Crippen molar-refractivity contribution in [3.05, 3.63) is 28.0 Å². The number of rotatable bonds is 4. The standard InChI is InChI=1S/C18H23N5O3S/c1-10-8-11(2)20-17(19-10)23-7-5-6-13(9-23)15(24)22-18-21-14(12(3)27-18)16(25)26-4/h8,13H,5-7,9H2,1-4H3,(H,21,22,24)/t13-/m1/s1. The molecular weight excluding hydrogens is 366 g/mol. The van der Waals surface area contributed by atoms with Crippen LogP contribution >= 0.6 is 11.3 Å². The van der Waals surface area contributed by atoms with Gasteiger partial charge in [-0.3, -0.25) is 4.79 Å². The number of nitrogens with one attached hydrogen (secondary N) is 1. The van der Waals surface area contributed by atoms with Crippen LogP contribution in [-0.2, 0) is 9.53 Å². The molecule has 0 unspecified atom stereocenters. The molecule has 0 saturated carbocycles. The third-order valence-corrected chi connectivity index (χ3v) is 5.34. The molecule has 0 aliphatic carbocycles. The number of aromatic nitrogens is 3. The smallest absolute Gasteiger partial charge is 0.357 e. The number of ether oxygens (including phenoxy) is 1. The topological polar surface area (TPSA) is 97.3 Å². The Kier molecular flexibility index (Phi) is 5.69. The number of thiazole rings is 1. The van der Waals surface area contributed by atoms with E-state index in [0.717, 1.165) is 30.8 Å². The molecule has 1 fully saturated rings. The van der Waals surface area contributed by atoms with Gasteiger partial charge in [-0.15, -0.1) is 11.3 Å². The van der Waals surface area contributed by atoms with Gasteiger partial charge < -0.3 is 15.0 Å². The third kappa shape index (κ3) is 4.41. The van der Waals surface area contributed by atoms with Crippen LogP contribution in [0.25, 0.3) is 0 Å². The first-order chi connectivity index (χ1) is 12.9. The molecule has 3 heterocycles. The van der Waals surface area contributed by atoms with E-state index in [0.29, 0.717) is 22.5 Å². The summed E-state index contributed by atoms with van der Waals surface area (Å²) in [7, 11) is 1.31. The van der Waals surface area contributed by atoms with Crippen LogP contribution < -0.4 is 10.2 Å². The number of carbonyl (C=O) groups is 2. The van der Waals surface area contributed by atoms with Crippen molar-refractivity contribution < 1.29 is 14.3 Å². The monoisotopic (exact) mass is 389 g/mol. The number of hydrogen-bond acceptors (Lipinski definition) is 8. The first kappa shape index (κ1) is 19.2. The van der Waals surface area contributed by atoms with E-state index in [1.54, 1.807) is 6.92 Å². The number of esters is 1. The van der Waals surface area contributed by atoms with E-state index < -0.39 is 5.97 Å². The second-order valence-corrected chi connectivity index (χ2v) is 7.84. The van der Waals surface area contributed by atoms with Gasteiger partial charge in [-0.25, -0.2) is 19.7 Å². The van der Waals surface area contributed by atoms with Crippen molar-refractivity contribution >= 4 is 34.3 Å². The summed E-state index contributed by atoms with van der Waals surface area (Å²) in [6.45, 7) is 7.05. The second kappa shape index (κ2) is 7.99. The summed E-state index contributed by atoms with van der Waals surface area (Å²) in [6, 6.07) is 1.93. The van der Waals surface area contributed by atoms with Gasteiger partial charge in [-0.2, -0.15) is 0 Å². The van der Waals surface area contributed by atoms with Crippen molar-refractivity contribution in [3.63, 3.8) is 0 Å². The number of nitrogens with zero attached hydrogens (tertiary/aromatic N) is 4. The van der Waals surface area contributed by atoms with Crippen molar-refractivity contribution in [2.75, 3.05) is 30.4 Å². The third-order valence-electron chi connectivity index (χ3n) is 4.45. The van der Waals surface area contributed by atoms with Crippen LogP contribution in [0, 0.1) is 26.7 Å². The number of hydrogen-bond donors (Lipinski definition) is 1. The molecule has 8 nitrogen and oxygen atoms in total. The number of anilines is 2. The molecule has 1 amide bonds. The van der Waals surface area contributed by atoms with Gasteiger partial charge in [-0.1, -0.05) is 0 Å². The maximum atomic E-state index is 12.7. The maximum absolute atomic E-state index is 12.7. The molecule has 2 aromatic rings. The minimum absolute atomic E-state index is 0.103. The summed E-state index contributed by atoms with van der Waals surface area (Å²) in [5.41, 5.74) is 2.07. The van der Waals surface area contributed by atoms with E-state index in [1.165, 1.54) is 18.4 Å². The molecular formula is C18H23N5O3S. The second-order valence-electron chi connectivity index (χ2n) is 6.64. The van der Waals surface area contributed by atoms with Gasteiger partial charge in [0.25, 0.3) is 0 Å². The van der Waals surface area contributed by atoms with Crippen molar-refractivity contribution in [2.24, 2.45) is 5.92 Å². The predicted octanol–water partition coefficient (Wildman–Crippen LogP) is 2.50. The van der Waals surface area contributed by atoms with E-state index in [4.69, 9.17) is 4.74 Å². The Hall–Kier alpha value is -2.55. The van der Waals surface area contributed by atoms with Crippen LogP contribution in [0.15, 0.2) is 6.07 Å². The number of aryl methyl sites for hydroxylation is 3. The Balaban J connectivity index is 1.69. The molecule has 0 aromatic carbocycles. The normalized spacial score (nSPS) is 16.9. The predicted molar refractivity (Wildman–Crippen MR) is 103 cm³/mol. The minimum Gasteiger partial charge on any atom is -0.464 e. The summed E-state index contributed by atoms with van der Waals surface area (Å²) >= 11 is 1.27. The van der Waals surface area contributed by atoms with Crippen molar-refractivity contribution in [1.82, 2.24) is 15.0 Å². The summed E-state index contributed by atoms with van der Waals surface area (Å²) in [4.78, 5) is 40.3. The Labute approximate surface area is 162 Å². The molecule has 0 radical (unpaired) electrons. The lowest BCUT2D eigenvalue weighted by Gasteiger charge is -2.32. The highest BCUT2D eigenvalue weighted by Gasteiger charge is 2.28. The molecule has 1 atom stereocenters. The molecule has 1 aliphatic heterocycles. The number of amides is 1. The van der Waals surface area contributed by atoms with Crippen LogP contribution in [-0.4, -0.2) is 47.0 Å². The summed E-state index contributed by atoms with van der Waals surface area (Å²) in [6.07, 6.45) is 1.68. The molecule has 1 saturated heterocycles. The highest BCUT2D eigenvalue weighted by Crippen LogP contribution is 2.26. The van der Waals surface area contributed by atoms with E-state index in [2.05, 4.69) is 25.2 Å². The maximum Gasteiger partial charge on any atom is 0.357 e. The number of piperidine rings is 1. The quantitative estimate of drug-likeness (QED) is 0.802. The molecule has 1 N–H and O–H groups in total. The lowest BCUT2D eigenvalue weighted by Crippen LogP contribution is -2.41. The Morgan fingerprint density at radius 1 is 1.22 bits per heavy atom. The largest absolute Gasteiger partial charge is 0.464 e. The first-order valence-corrected chi connectivity index (χ1v) is 9.63. The molecule has 0 bridgehead atoms. The van der Waals surface area contributed by atoms with Crippen molar-refractivity contribution in [1.29, 1.82) is 0 Å². The highest BCUT2D eigenvalue weighted by atomic mass is 32.1. The van der Waals surface area contributed by atoms with Crippen molar-refractivity contribution in [3.8, 4) is 0 Å². The highest BCUT2D eigenvalue weighted by molar-refractivity contribution is 7.16. The zero-order chi connectivity index (χ0) is 19.6. The zero-order valence-corrected chi connectivity index (χ0v) is 16.7.